The van der Waals surface area contributed by atoms with Crippen LogP contribution in [0.1, 0.15) is 0 Å². The molecule has 0 aliphatic carbocycles. The molecule has 0 aliphatic heterocycles. The monoisotopic (exact) mass is 317 g/mol. The van der Waals surface area contributed by atoms with E-state index in [-0.39, 0.29) is 5.95 Å². The summed E-state index contributed by atoms with van der Waals surface area (Å²) in [6.45, 7) is 0. The third-order valence-corrected chi connectivity index (χ3v) is 4.17. The lowest BCUT2D eigenvalue weighted by atomic mass is 10.3. The van der Waals surface area contributed by atoms with Crippen LogP contribution in [-0.2, 0) is 0 Å². The number of nitrogens with zero attached hydrogens (tertiary/aromatic N) is 4. The lowest BCUT2D eigenvalue weighted by Gasteiger charge is -2.00. The summed E-state index contributed by atoms with van der Waals surface area (Å²) in [7, 11) is 0. The van der Waals surface area contributed by atoms with Gasteiger partial charge < -0.3 is 10.2 Å². The maximum Gasteiger partial charge on any atom is 0.223 e. The Morgan fingerprint density at radius 2 is 2.14 bits per heavy atom. The Morgan fingerprint density at radius 3 is 2.86 bits per heavy atom. The average Bonchev–Trinajstić information content (AvgIpc) is 3.17. The number of nitrogens with two attached hydrogens (primary N) is 1. The van der Waals surface area contributed by atoms with Gasteiger partial charge in [-0.15, -0.1) is 16.4 Å². The molecule has 0 radical (unpaired) electrons. The van der Waals surface area contributed by atoms with E-state index in [1.165, 1.54) is 15.9 Å². The number of halogens is 1. The molecule has 0 saturated carbocycles. The molecule has 0 atom stereocenters. The molecule has 0 aromatic carbocycles. The molecule has 2 N–H and O–H groups in total. The Labute approximate surface area is 127 Å². The van der Waals surface area contributed by atoms with Gasteiger partial charge in [-0.1, -0.05) is 11.6 Å². The van der Waals surface area contributed by atoms with E-state index in [0.717, 1.165) is 10.6 Å². The van der Waals surface area contributed by atoms with Crippen LogP contribution in [-0.4, -0.2) is 19.6 Å². The first kappa shape index (κ1) is 12.4. The fourth-order valence-electron chi connectivity index (χ4n) is 2.00. The van der Waals surface area contributed by atoms with Crippen molar-refractivity contribution in [3.05, 3.63) is 40.9 Å². The van der Waals surface area contributed by atoms with Crippen molar-refractivity contribution in [1.29, 1.82) is 0 Å². The minimum absolute atomic E-state index is 0.261. The molecule has 6 nitrogen and oxygen atoms in total. The van der Waals surface area contributed by atoms with Crippen LogP contribution in [0.15, 0.2) is 41.0 Å². The van der Waals surface area contributed by atoms with Gasteiger partial charge in [0.1, 0.15) is 0 Å². The van der Waals surface area contributed by atoms with Crippen molar-refractivity contribution in [1.82, 2.24) is 19.6 Å². The Hall–Kier alpha value is -2.38. The largest absolute Gasteiger partial charge is 0.461 e. The molecule has 4 aromatic rings. The summed E-state index contributed by atoms with van der Waals surface area (Å²) in [6.07, 6.45) is 1.57. The molecule has 0 aliphatic rings. The Kier molecular flexibility index (Phi) is 2.69. The number of hydrogen-bond donors (Lipinski definition) is 1. The van der Waals surface area contributed by atoms with E-state index in [1.807, 2.05) is 18.2 Å². The first-order chi connectivity index (χ1) is 10.2. The highest BCUT2D eigenvalue weighted by atomic mass is 35.5. The van der Waals surface area contributed by atoms with Gasteiger partial charge in [0, 0.05) is 6.07 Å². The molecule has 0 bridgehead atoms. The second-order valence-corrected chi connectivity index (χ2v) is 6.00. The van der Waals surface area contributed by atoms with Crippen LogP contribution >= 0.6 is 22.9 Å². The molecule has 4 heterocycles. The molecule has 8 heteroatoms. The maximum atomic E-state index is 5.96. The van der Waals surface area contributed by atoms with Crippen LogP contribution in [0.4, 0.5) is 5.95 Å². The van der Waals surface area contributed by atoms with Crippen molar-refractivity contribution < 1.29 is 4.42 Å². The number of rotatable bonds is 2. The van der Waals surface area contributed by atoms with Crippen LogP contribution < -0.4 is 5.73 Å². The SMILES string of the molecule is Nc1nc(-c2ccc(Cl)s2)cc2nc(-c3ccco3)nn12. The van der Waals surface area contributed by atoms with E-state index in [0.29, 0.717) is 21.6 Å². The van der Waals surface area contributed by atoms with Gasteiger partial charge in [0.2, 0.25) is 11.8 Å². The highest BCUT2D eigenvalue weighted by molar-refractivity contribution is 7.19. The summed E-state index contributed by atoms with van der Waals surface area (Å²) in [5.74, 6) is 1.31. The molecule has 104 valence electrons. The fraction of sp³-hybridized carbons (Fsp3) is 0. The minimum atomic E-state index is 0.261. The summed E-state index contributed by atoms with van der Waals surface area (Å²) in [5, 5.41) is 4.30. The van der Waals surface area contributed by atoms with Gasteiger partial charge in [0.15, 0.2) is 11.4 Å². The number of furan rings is 1. The molecule has 4 rings (SSSR count). The lowest BCUT2D eigenvalue weighted by Crippen LogP contribution is -2.02. The number of anilines is 1. The zero-order chi connectivity index (χ0) is 14.4. The molecule has 0 saturated heterocycles. The van der Waals surface area contributed by atoms with Crippen LogP contribution in [0.3, 0.4) is 0 Å². The summed E-state index contributed by atoms with van der Waals surface area (Å²) in [5.41, 5.74) is 7.28. The molecule has 0 fully saturated rings. The predicted octanol–water partition coefficient (Wildman–Crippen LogP) is 3.35. The fourth-order valence-corrected chi connectivity index (χ4v) is 3.00. The number of hydrogen-bond acceptors (Lipinski definition) is 6. The number of thiophene rings is 1. The van der Waals surface area contributed by atoms with Crippen molar-refractivity contribution in [3.8, 4) is 22.2 Å². The van der Waals surface area contributed by atoms with E-state index in [2.05, 4.69) is 15.1 Å². The first-order valence-electron chi connectivity index (χ1n) is 6.03. The summed E-state index contributed by atoms with van der Waals surface area (Å²) in [6, 6.07) is 9.11. The predicted molar refractivity (Wildman–Crippen MR) is 81.2 cm³/mol. The van der Waals surface area contributed by atoms with Crippen LogP contribution in [0.5, 0.6) is 0 Å². The quantitative estimate of drug-likeness (QED) is 0.613. The maximum absolute atomic E-state index is 5.96. The molecule has 4 aromatic heterocycles. The smallest absolute Gasteiger partial charge is 0.223 e. The summed E-state index contributed by atoms with van der Waals surface area (Å²) >= 11 is 7.39. The van der Waals surface area contributed by atoms with Gasteiger partial charge in [0.05, 0.1) is 21.2 Å². The van der Waals surface area contributed by atoms with Gasteiger partial charge in [-0.2, -0.15) is 4.52 Å². The van der Waals surface area contributed by atoms with Crippen LogP contribution in [0.25, 0.3) is 27.8 Å². The molecule has 0 spiro atoms. The highest BCUT2D eigenvalue weighted by Gasteiger charge is 2.13. The summed E-state index contributed by atoms with van der Waals surface area (Å²) < 4.78 is 7.47. The zero-order valence-electron chi connectivity index (χ0n) is 10.5. The van der Waals surface area contributed by atoms with Gasteiger partial charge in [-0.05, 0) is 24.3 Å². The summed E-state index contributed by atoms with van der Waals surface area (Å²) in [4.78, 5) is 9.69. The number of nitrogen functional groups attached to an aromatic ring is 1. The highest BCUT2D eigenvalue weighted by Crippen LogP contribution is 2.31. The van der Waals surface area contributed by atoms with Crippen LogP contribution in [0, 0.1) is 0 Å². The molecular formula is C13H8ClN5OS. The van der Waals surface area contributed by atoms with Gasteiger partial charge in [0.25, 0.3) is 0 Å². The van der Waals surface area contributed by atoms with Crippen LogP contribution in [0.2, 0.25) is 4.34 Å². The normalized spacial score (nSPS) is 11.3. The second kappa shape index (κ2) is 4.57. The van der Waals surface area contributed by atoms with E-state index in [4.69, 9.17) is 21.8 Å². The van der Waals surface area contributed by atoms with Gasteiger partial charge >= 0.3 is 0 Å². The molecular weight excluding hydrogens is 310 g/mol. The van der Waals surface area contributed by atoms with Crippen molar-refractivity contribution in [3.63, 3.8) is 0 Å². The first-order valence-corrected chi connectivity index (χ1v) is 7.23. The lowest BCUT2D eigenvalue weighted by molar-refractivity contribution is 0.577. The van der Waals surface area contributed by atoms with E-state index < -0.39 is 0 Å². The third kappa shape index (κ3) is 2.07. The second-order valence-electron chi connectivity index (χ2n) is 4.29. The molecule has 0 amide bonds. The Balaban J connectivity index is 1.89. The molecule has 21 heavy (non-hydrogen) atoms. The zero-order valence-corrected chi connectivity index (χ0v) is 12.1. The van der Waals surface area contributed by atoms with Gasteiger partial charge in [-0.25, -0.2) is 9.97 Å². The Bertz CT molecular complexity index is 928. The van der Waals surface area contributed by atoms with Crippen molar-refractivity contribution in [2.75, 3.05) is 5.73 Å². The third-order valence-electron chi connectivity index (χ3n) is 2.92. The number of fused-ring (bicyclic) bond motifs is 1. The average molecular weight is 318 g/mol. The van der Waals surface area contributed by atoms with E-state index >= 15 is 0 Å². The topological polar surface area (TPSA) is 82.2 Å². The standard InChI is InChI=1S/C13H8ClN5OS/c14-10-4-3-9(21-10)7-6-11-17-12(8-2-1-5-20-8)18-19(11)13(15)16-7/h1-6H,(H2,15,16). The van der Waals surface area contributed by atoms with E-state index in [9.17, 15) is 0 Å². The minimum Gasteiger partial charge on any atom is -0.461 e. The Morgan fingerprint density at radius 1 is 1.24 bits per heavy atom. The van der Waals surface area contributed by atoms with E-state index in [1.54, 1.807) is 18.4 Å². The number of aromatic nitrogens is 4. The van der Waals surface area contributed by atoms with Crippen molar-refractivity contribution in [2.45, 2.75) is 0 Å². The van der Waals surface area contributed by atoms with Gasteiger partial charge in [-0.3, -0.25) is 0 Å². The van der Waals surface area contributed by atoms with Crippen molar-refractivity contribution in [2.24, 2.45) is 0 Å². The van der Waals surface area contributed by atoms with Crippen molar-refractivity contribution >= 4 is 34.5 Å². The molecule has 0 unspecified atom stereocenters.